The van der Waals surface area contributed by atoms with E-state index >= 15 is 0 Å². The summed E-state index contributed by atoms with van der Waals surface area (Å²) in [6.07, 6.45) is -3.31. The second-order valence-corrected chi connectivity index (χ2v) is 13.1. The number of nitrogens with one attached hydrogen (secondary N) is 7. The van der Waals surface area contributed by atoms with Gasteiger partial charge in [0.2, 0.25) is 41.4 Å². The van der Waals surface area contributed by atoms with Crippen molar-refractivity contribution in [3.05, 3.63) is 0 Å². The van der Waals surface area contributed by atoms with Gasteiger partial charge in [0.1, 0.15) is 42.8 Å². The fourth-order valence-corrected chi connectivity index (χ4v) is 4.93. The molecule has 0 unspecified atom stereocenters. The Bertz CT molecular complexity index is 1490. The Morgan fingerprint density at radius 3 is 1.40 bits per heavy atom. The van der Waals surface area contributed by atoms with E-state index in [0.717, 1.165) is 6.92 Å². The minimum Gasteiger partial charge on any atom is -0.481 e. The number of hydrogen-bond acceptors (Lipinski definition) is 14. The molecule has 0 aromatic carbocycles. The summed E-state index contributed by atoms with van der Waals surface area (Å²) in [7, 11) is 0. The van der Waals surface area contributed by atoms with Gasteiger partial charge in [-0.3, -0.25) is 52.7 Å². The molecule has 0 fully saturated rings. The van der Waals surface area contributed by atoms with Gasteiger partial charge in [-0.05, 0) is 46.1 Å². The fourth-order valence-electron chi connectivity index (χ4n) is 4.93. The van der Waals surface area contributed by atoms with E-state index in [4.69, 9.17) is 21.7 Å². The second kappa shape index (κ2) is 26.8. The molecule has 0 aliphatic rings. The number of carbonyl (C=O) groups excluding carboxylic acids is 7. The minimum atomic E-state index is -1.89. The van der Waals surface area contributed by atoms with E-state index in [1.54, 1.807) is 6.92 Å². The molecule has 58 heavy (non-hydrogen) atoms. The van der Waals surface area contributed by atoms with Crippen LogP contribution in [0.5, 0.6) is 0 Å². The van der Waals surface area contributed by atoms with E-state index in [1.165, 1.54) is 6.92 Å². The summed E-state index contributed by atoms with van der Waals surface area (Å²) in [6.45, 7) is 3.41. The van der Waals surface area contributed by atoms with Gasteiger partial charge < -0.3 is 74.2 Å². The third-order valence-electron chi connectivity index (χ3n) is 8.04. The van der Waals surface area contributed by atoms with Crippen LogP contribution in [0, 0.1) is 0 Å². The van der Waals surface area contributed by atoms with Crippen LogP contribution in [0.25, 0.3) is 0 Å². The van der Waals surface area contributed by atoms with Crippen molar-refractivity contribution in [1.29, 1.82) is 0 Å². The summed E-state index contributed by atoms with van der Waals surface area (Å²) in [5.41, 5.74) is 11.1. The van der Waals surface area contributed by atoms with Gasteiger partial charge in [-0.15, -0.1) is 0 Å². The predicted octanol–water partition coefficient (Wildman–Crippen LogP) is -5.43. The largest absolute Gasteiger partial charge is 0.481 e. The molecule has 328 valence electrons. The Labute approximate surface area is 332 Å². The molecule has 0 spiro atoms. The molecular weight excluding hydrogens is 778 g/mol. The average Bonchev–Trinajstić information content (AvgIpc) is 3.12. The van der Waals surface area contributed by atoms with E-state index in [-0.39, 0.29) is 25.8 Å². The zero-order chi connectivity index (χ0) is 44.7. The quantitative estimate of drug-likeness (QED) is 0.0313. The van der Waals surface area contributed by atoms with Crippen LogP contribution in [0.1, 0.15) is 78.6 Å². The number of aliphatic carboxylic acids is 4. The summed E-state index contributed by atoms with van der Waals surface area (Å²) < 4.78 is 0. The normalized spacial score (nSPS) is 14.9. The highest BCUT2D eigenvalue weighted by atomic mass is 16.4. The van der Waals surface area contributed by atoms with Crippen molar-refractivity contribution in [3.63, 3.8) is 0 Å². The van der Waals surface area contributed by atoms with Crippen LogP contribution >= 0.6 is 0 Å². The number of carboxylic acids is 4. The molecule has 0 bridgehead atoms. The zero-order valence-electron chi connectivity index (χ0n) is 32.3. The number of carboxylic acid groups (broad SMARTS) is 4. The monoisotopic (exact) mass is 833 g/mol. The van der Waals surface area contributed by atoms with Crippen molar-refractivity contribution in [2.24, 2.45) is 11.5 Å². The summed E-state index contributed by atoms with van der Waals surface area (Å²) >= 11 is 0. The lowest BCUT2D eigenvalue weighted by atomic mass is 10.0. The first kappa shape index (κ1) is 52.0. The van der Waals surface area contributed by atoms with Crippen LogP contribution in [0.15, 0.2) is 0 Å². The fraction of sp³-hybridized carbons (Fsp3) is 0.667. The molecule has 8 atom stereocenters. The number of carbonyl (C=O) groups is 11. The predicted molar refractivity (Wildman–Crippen MR) is 197 cm³/mol. The lowest BCUT2D eigenvalue weighted by Crippen LogP contribution is -2.61. The van der Waals surface area contributed by atoms with E-state index in [1.807, 2.05) is 10.6 Å². The van der Waals surface area contributed by atoms with Gasteiger partial charge in [-0.2, -0.15) is 0 Å². The third kappa shape index (κ3) is 20.8. The first-order chi connectivity index (χ1) is 27.0. The topological polar surface area (TPSA) is 425 Å². The summed E-state index contributed by atoms with van der Waals surface area (Å²) in [6, 6.07) is -11.5. The Hall–Kier alpha value is -5.95. The average molecular weight is 834 g/mol. The first-order valence-electron chi connectivity index (χ1n) is 18.1. The summed E-state index contributed by atoms with van der Waals surface area (Å²) in [5.74, 6) is -13.7. The molecule has 0 saturated carbocycles. The third-order valence-corrected chi connectivity index (χ3v) is 8.04. The maximum atomic E-state index is 13.7. The molecule has 0 rings (SSSR count). The van der Waals surface area contributed by atoms with Crippen LogP contribution < -0.4 is 48.7 Å². The molecular formula is C33H55N9O16. The molecule has 16 N–H and O–H groups in total. The molecule has 0 heterocycles. The molecule has 25 nitrogen and oxygen atoms in total. The van der Waals surface area contributed by atoms with Crippen LogP contribution in [-0.2, 0) is 52.7 Å². The Morgan fingerprint density at radius 1 is 0.517 bits per heavy atom. The Morgan fingerprint density at radius 2 is 0.948 bits per heavy atom. The smallest absolute Gasteiger partial charge is 0.322 e. The highest BCUT2D eigenvalue weighted by molar-refractivity contribution is 5.99. The number of amides is 7. The van der Waals surface area contributed by atoms with Crippen molar-refractivity contribution in [1.82, 2.24) is 37.2 Å². The van der Waals surface area contributed by atoms with Crippen LogP contribution in [0.3, 0.4) is 0 Å². The maximum absolute atomic E-state index is 13.7. The van der Waals surface area contributed by atoms with Crippen molar-refractivity contribution in [3.8, 4) is 0 Å². The summed E-state index contributed by atoms with van der Waals surface area (Å²) in [5, 5.41) is 62.1. The molecule has 0 aromatic rings. The Kier molecular flexibility index (Phi) is 24.1. The van der Waals surface area contributed by atoms with Gasteiger partial charge in [0, 0.05) is 0 Å². The van der Waals surface area contributed by atoms with Gasteiger partial charge in [0.25, 0.3) is 0 Å². The van der Waals surface area contributed by atoms with Gasteiger partial charge >= 0.3 is 23.9 Å². The maximum Gasteiger partial charge on any atom is 0.322 e. The number of unbranched alkanes of at least 4 members (excludes halogenated alkanes) is 2. The number of hydrogen-bond donors (Lipinski definition) is 14. The van der Waals surface area contributed by atoms with Crippen molar-refractivity contribution in [2.75, 3.05) is 13.1 Å². The Balaban J connectivity index is 6.26. The van der Waals surface area contributed by atoms with Crippen molar-refractivity contribution >= 4 is 65.2 Å². The van der Waals surface area contributed by atoms with Gasteiger partial charge in [0.15, 0.2) is 0 Å². The van der Waals surface area contributed by atoms with Gasteiger partial charge in [-0.25, -0.2) is 0 Å². The van der Waals surface area contributed by atoms with Crippen molar-refractivity contribution < 1.29 is 78.3 Å². The molecule has 0 saturated heterocycles. The number of aliphatic hydroxyl groups excluding tert-OH is 1. The minimum absolute atomic E-state index is 0.0588. The zero-order valence-corrected chi connectivity index (χ0v) is 32.3. The molecule has 0 radical (unpaired) electrons. The lowest BCUT2D eigenvalue weighted by molar-refractivity contribution is -0.143. The molecule has 25 heteroatoms. The second-order valence-electron chi connectivity index (χ2n) is 13.1. The molecule has 0 aromatic heterocycles. The highest BCUT2D eigenvalue weighted by Crippen LogP contribution is 2.08. The van der Waals surface area contributed by atoms with Crippen LogP contribution in [0.2, 0.25) is 0 Å². The van der Waals surface area contributed by atoms with Crippen molar-refractivity contribution in [2.45, 2.75) is 127 Å². The van der Waals surface area contributed by atoms with E-state index in [2.05, 4.69) is 26.6 Å². The SMILES string of the molecule is CCCC[C@H](NC(=O)[C@@H](NC(=O)[C@H](CC(=O)O)NC(=O)[C@@H](N)CC(=O)O)[C@@H](C)O)C(=O)N[C@@H](CCCCN)C(=O)N[C@@H](CC(=O)O)C(=O)N[C@@H](C)C(=O)NCC(=O)O. The molecule has 0 aliphatic heterocycles. The highest BCUT2D eigenvalue weighted by Gasteiger charge is 2.35. The standard InChI is InChI=1S/C33H55N9O16/c1-4-5-8-18(39-33(58)26(16(3)43)42-32(57)21(13-24(48)49)40-28(53)17(35)11-22(44)45)29(54)38-19(9-6-7-10-34)30(55)41-20(12-23(46)47)31(56)37-15(2)27(52)36-14-25(50)51/h15-21,26,43H,4-14,34-35H2,1-3H3,(H,36,52)(H,37,56)(H,38,54)(H,39,58)(H,40,53)(H,41,55)(H,42,57)(H,44,45)(H,46,47)(H,48,49)(H,50,51)/t15-,16+,17-,18-,19-,20-,21-,26-/m0/s1. The number of nitrogens with two attached hydrogens (primary N) is 2. The summed E-state index contributed by atoms with van der Waals surface area (Å²) in [4.78, 5) is 136. The van der Waals surface area contributed by atoms with Crippen LogP contribution in [-0.4, -0.2) is 152 Å². The van der Waals surface area contributed by atoms with E-state index in [9.17, 15) is 68.1 Å². The molecule has 7 amide bonds. The van der Waals surface area contributed by atoms with E-state index in [0.29, 0.717) is 19.3 Å². The van der Waals surface area contributed by atoms with Gasteiger partial charge in [0.05, 0.1) is 31.4 Å². The van der Waals surface area contributed by atoms with Gasteiger partial charge in [-0.1, -0.05) is 19.8 Å². The van der Waals surface area contributed by atoms with Crippen LogP contribution in [0.4, 0.5) is 0 Å². The first-order valence-corrected chi connectivity index (χ1v) is 18.1. The lowest BCUT2D eigenvalue weighted by Gasteiger charge is -2.28. The van der Waals surface area contributed by atoms with E-state index < -0.39 is 139 Å². The molecule has 0 aliphatic carbocycles. The number of aliphatic hydroxyl groups is 1. The number of rotatable bonds is 29.